The molecule has 9 heteroatoms. The minimum atomic E-state index is -1.75. The van der Waals surface area contributed by atoms with Crippen molar-refractivity contribution in [2.75, 3.05) is 51.8 Å². The molecule has 1 fully saturated rings. The Balaban J connectivity index is 1.74. The maximum absolute atomic E-state index is 14.3. The molecule has 194 valence electrons. The van der Waals surface area contributed by atoms with Crippen molar-refractivity contribution in [2.24, 2.45) is 0 Å². The van der Waals surface area contributed by atoms with Crippen molar-refractivity contribution in [3.63, 3.8) is 0 Å². The first-order chi connectivity index (χ1) is 17.8. The molecule has 3 heterocycles. The van der Waals surface area contributed by atoms with E-state index in [0.29, 0.717) is 61.9 Å². The molecule has 1 N–H and O–H groups in total. The maximum atomic E-state index is 14.3. The number of hydrogen-bond donors (Lipinski definition) is 1. The van der Waals surface area contributed by atoms with Crippen molar-refractivity contribution in [3.8, 4) is 11.5 Å². The van der Waals surface area contributed by atoms with Crippen molar-refractivity contribution in [1.29, 1.82) is 0 Å². The topological polar surface area (TPSA) is 99.6 Å². The molecule has 9 nitrogen and oxygen atoms in total. The zero-order valence-corrected chi connectivity index (χ0v) is 21.3. The molecule has 0 aromatic heterocycles. The summed E-state index contributed by atoms with van der Waals surface area (Å²) in [7, 11) is 3.84. The zero-order valence-electron chi connectivity index (χ0n) is 21.3. The zero-order chi connectivity index (χ0) is 26.3. The maximum Gasteiger partial charge on any atom is 0.296 e. The van der Waals surface area contributed by atoms with Gasteiger partial charge >= 0.3 is 0 Å². The average Bonchev–Trinajstić information content (AvgIpc) is 3.27. The Kier molecular flexibility index (Phi) is 6.41. The van der Waals surface area contributed by atoms with Crippen molar-refractivity contribution >= 4 is 29.0 Å². The summed E-state index contributed by atoms with van der Waals surface area (Å²) >= 11 is 0. The van der Waals surface area contributed by atoms with Gasteiger partial charge in [-0.1, -0.05) is 25.1 Å². The number of Topliss-reactive ketones (excluding diaryl/α,β-unsaturated/α-hetero) is 1. The van der Waals surface area contributed by atoms with Crippen LogP contribution >= 0.6 is 0 Å². The number of amides is 2. The third kappa shape index (κ3) is 3.76. The molecule has 3 aliphatic rings. The molecule has 2 aromatic rings. The Hall–Kier alpha value is -3.85. The van der Waals surface area contributed by atoms with Gasteiger partial charge in [0.15, 0.2) is 17.0 Å². The Bertz CT molecular complexity index is 1300. The van der Waals surface area contributed by atoms with E-state index in [0.717, 1.165) is 0 Å². The van der Waals surface area contributed by atoms with Crippen LogP contribution in [0.4, 0.5) is 5.69 Å². The van der Waals surface area contributed by atoms with Gasteiger partial charge in [-0.2, -0.15) is 0 Å². The molecule has 0 bridgehead atoms. The van der Waals surface area contributed by atoms with E-state index >= 15 is 0 Å². The van der Waals surface area contributed by atoms with Gasteiger partial charge < -0.3 is 29.3 Å². The third-order valence-electron chi connectivity index (χ3n) is 7.06. The lowest BCUT2D eigenvalue weighted by Crippen LogP contribution is -2.52. The van der Waals surface area contributed by atoms with Crippen LogP contribution in [0.3, 0.4) is 0 Å². The Morgan fingerprint density at radius 1 is 1.03 bits per heavy atom. The van der Waals surface area contributed by atoms with Crippen LogP contribution in [0.15, 0.2) is 48.0 Å². The van der Waals surface area contributed by atoms with Crippen LogP contribution in [0, 0.1) is 0 Å². The fraction of sp³-hybridized carbons (Fsp3) is 0.393. The van der Waals surface area contributed by atoms with Gasteiger partial charge in [0, 0.05) is 24.2 Å². The Labute approximate surface area is 215 Å². The van der Waals surface area contributed by atoms with Crippen LogP contribution in [0.1, 0.15) is 30.9 Å². The quantitative estimate of drug-likeness (QED) is 0.351. The first kappa shape index (κ1) is 24.8. The van der Waals surface area contributed by atoms with Crippen LogP contribution < -0.4 is 14.4 Å². The second-order valence-electron chi connectivity index (χ2n) is 9.71. The first-order valence-corrected chi connectivity index (χ1v) is 12.6. The molecule has 2 aromatic carbocycles. The van der Waals surface area contributed by atoms with E-state index < -0.39 is 28.9 Å². The summed E-state index contributed by atoms with van der Waals surface area (Å²) in [6.45, 7) is 3.99. The molecule has 3 aliphatic heterocycles. The normalized spacial score (nSPS) is 21.9. The number of anilines is 1. The summed E-state index contributed by atoms with van der Waals surface area (Å²) in [4.78, 5) is 46.5. The number of para-hydroxylation sites is 1. The van der Waals surface area contributed by atoms with Gasteiger partial charge in [-0.05, 0) is 57.7 Å². The number of carbonyl (C=O) groups is 3. The molecular formula is C28H31N3O6. The van der Waals surface area contributed by atoms with Crippen molar-refractivity contribution < 1.29 is 29.0 Å². The van der Waals surface area contributed by atoms with E-state index in [-0.39, 0.29) is 17.7 Å². The number of ketones is 1. The standard InChI is InChI=1S/C28H31N3O6/c1-4-12-30-20-9-6-5-8-19(20)28(27(30)35)23(25(33)26(34)31(28)14-7-13-29(2)3)24(32)18-10-11-21-22(17-18)37-16-15-36-21/h5-6,8-11,17,32H,4,7,12-16H2,1-3H3/b24-23-/t28-/m1/s1. The fourth-order valence-electron chi connectivity index (χ4n) is 5.49. The van der Waals surface area contributed by atoms with Gasteiger partial charge in [0.25, 0.3) is 17.6 Å². The summed E-state index contributed by atoms with van der Waals surface area (Å²) in [5.74, 6) is -1.53. The number of benzene rings is 2. The molecule has 0 unspecified atom stereocenters. The first-order valence-electron chi connectivity index (χ1n) is 12.6. The van der Waals surface area contributed by atoms with Crippen LogP contribution in [0.5, 0.6) is 11.5 Å². The minimum Gasteiger partial charge on any atom is -0.507 e. The van der Waals surface area contributed by atoms with Gasteiger partial charge in [-0.25, -0.2) is 0 Å². The number of carbonyl (C=O) groups excluding carboxylic acids is 3. The predicted molar refractivity (Wildman–Crippen MR) is 138 cm³/mol. The monoisotopic (exact) mass is 505 g/mol. The highest BCUT2D eigenvalue weighted by molar-refractivity contribution is 6.50. The lowest BCUT2D eigenvalue weighted by molar-refractivity contribution is -0.143. The van der Waals surface area contributed by atoms with Gasteiger partial charge in [0.2, 0.25) is 0 Å². The molecular weight excluding hydrogens is 474 g/mol. The number of likely N-dealkylation sites (tertiary alicyclic amines) is 1. The SMILES string of the molecule is CCCN1C(=O)[C@]2(/C(=C(\O)c3ccc4c(c3)OCCO4)C(=O)C(=O)N2CCCN(C)C)c2ccccc21. The van der Waals surface area contributed by atoms with Crippen LogP contribution in [0.2, 0.25) is 0 Å². The second-order valence-corrected chi connectivity index (χ2v) is 9.71. The summed E-state index contributed by atoms with van der Waals surface area (Å²) in [5.41, 5.74) is -0.522. The highest BCUT2D eigenvalue weighted by Crippen LogP contribution is 2.53. The van der Waals surface area contributed by atoms with Crippen molar-refractivity contribution in [2.45, 2.75) is 25.3 Å². The summed E-state index contributed by atoms with van der Waals surface area (Å²) in [5, 5.41) is 11.6. The van der Waals surface area contributed by atoms with Crippen LogP contribution in [0.25, 0.3) is 5.76 Å². The van der Waals surface area contributed by atoms with E-state index in [4.69, 9.17) is 9.47 Å². The van der Waals surface area contributed by atoms with Gasteiger partial charge in [0.1, 0.15) is 19.0 Å². The number of fused-ring (bicyclic) bond motifs is 3. The average molecular weight is 506 g/mol. The molecule has 1 spiro atoms. The second kappa shape index (κ2) is 9.55. The van der Waals surface area contributed by atoms with Gasteiger partial charge in [-0.15, -0.1) is 0 Å². The van der Waals surface area contributed by atoms with Gasteiger partial charge in [-0.3, -0.25) is 14.4 Å². The van der Waals surface area contributed by atoms with Crippen LogP contribution in [-0.4, -0.2) is 79.4 Å². The fourth-order valence-corrected chi connectivity index (χ4v) is 5.49. The van der Waals surface area contributed by atoms with E-state index in [1.165, 1.54) is 4.90 Å². The summed E-state index contributed by atoms with van der Waals surface area (Å²) < 4.78 is 11.2. The van der Waals surface area contributed by atoms with E-state index in [2.05, 4.69) is 0 Å². The number of aliphatic hydroxyl groups is 1. The molecule has 0 saturated carbocycles. The Morgan fingerprint density at radius 3 is 2.49 bits per heavy atom. The molecule has 5 rings (SSSR count). The lowest BCUT2D eigenvalue weighted by atomic mass is 9.81. The Morgan fingerprint density at radius 2 is 1.76 bits per heavy atom. The third-order valence-corrected chi connectivity index (χ3v) is 7.06. The van der Waals surface area contributed by atoms with E-state index in [1.807, 2.05) is 38.1 Å². The van der Waals surface area contributed by atoms with Crippen molar-refractivity contribution in [3.05, 3.63) is 59.2 Å². The number of hydrogen-bond acceptors (Lipinski definition) is 7. The molecule has 37 heavy (non-hydrogen) atoms. The highest BCUT2D eigenvalue weighted by Gasteiger charge is 2.66. The molecule has 0 radical (unpaired) electrons. The number of ether oxygens (including phenoxy) is 2. The highest BCUT2D eigenvalue weighted by atomic mass is 16.6. The minimum absolute atomic E-state index is 0.181. The predicted octanol–water partition coefficient (Wildman–Crippen LogP) is 2.74. The number of nitrogens with zero attached hydrogens (tertiary/aromatic N) is 3. The molecule has 2 amide bonds. The van der Waals surface area contributed by atoms with Crippen molar-refractivity contribution in [1.82, 2.24) is 9.80 Å². The smallest absolute Gasteiger partial charge is 0.296 e. The molecule has 0 aliphatic carbocycles. The number of aliphatic hydroxyl groups excluding tert-OH is 1. The van der Waals surface area contributed by atoms with Crippen LogP contribution in [-0.2, 0) is 19.9 Å². The molecule has 1 saturated heterocycles. The van der Waals surface area contributed by atoms with Gasteiger partial charge in [0.05, 0.1) is 11.3 Å². The number of rotatable bonds is 7. The molecule has 1 atom stereocenters. The lowest BCUT2D eigenvalue weighted by Gasteiger charge is -2.35. The summed E-state index contributed by atoms with van der Waals surface area (Å²) in [6.07, 6.45) is 1.24. The van der Waals surface area contributed by atoms with E-state index in [1.54, 1.807) is 35.2 Å². The largest absolute Gasteiger partial charge is 0.507 e. The summed E-state index contributed by atoms with van der Waals surface area (Å²) in [6, 6.07) is 12.0. The van der Waals surface area contributed by atoms with E-state index in [9.17, 15) is 19.5 Å².